The van der Waals surface area contributed by atoms with Crippen molar-refractivity contribution in [1.29, 1.82) is 0 Å². The van der Waals surface area contributed by atoms with Gasteiger partial charge in [0, 0.05) is 12.6 Å². The lowest BCUT2D eigenvalue weighted by atomic mass is 10.1. The van der Waals surface area contributed by atoms with Crippen LogP contribution in [0, 0.1) is 5.92 Å². The Hall–Kier alpha value is -1.55. The Labute approximate surface area is 114 Å². The van der Waals surface area contributed by atoms with Crippen molar-refractivity contribution in [2.45, 2.75) is 32.4 Å². The second-order valence-corrected chi connectivity index (χ2v) is 5.26. The first kappa shape index (κ1) is 13.9. The normalized spacial score (nSPS) is 22.5. The van der Waals surface area contributed by atoms with Crippen molar-refractivity contribution in [2.24, 2.45) is 11.7 Å². The van der Waals surface area contributed by atoms with Gasteiger partial charge in [-0.1, -0.05) is 37.3 Å². The number of ether oxygens (including phenoxy) is 1. The van der Waals surface area contributed by atoms with Crippen molar-refractivity contribution in [2.75, 3.05) is 13.1 Å². The molecule has 1 fully saturated rings. The van der Waals surface area contributed by atoms with Gasteiger partial charge in [0.15, 0.2) is 0 Å². The molecule has 0 aromatic heterocycles. The van der Waals surface area contributed by atoms with Gasteiger partial charge in [-0.15, -0.1) is 0 Å². The van der Waals surface area contributed by atoms with Crippen molar-refractivity contribution >= 4 is 6.09 Å². The predicted molar refractivity (Wildman–Crippen MR) is 74.6 cm³/mol. The van der Waals surface area contributed by atoms with Crippen LogP contribution in [0.1, 0.15) is 25.3 Å². The fourth-order valence-corrected chi connectivity index (χ4v) is 2.64. The third-order valence-corrected chi connectivity index (χ3v) is 3.56. The van der Waals surface area contributed by atoms with Crippen LogP contribution in [0.25, 0.3) is 0 Å². The highest BCUT2D eigenvalue weighted by molar-refractivity contribution is 5.68. The first-order chi connectivity index (χ1) is 9.20. The molecule has 4 heteroatoms. The number of carbonyl (C=O) groups is 1. The standard InChI is InChI=1S/C15H22N2O2/c1-12-9-14(7-8-16)17(10-12)15(18)19-11-13-5-3-2-4-6-13/h2-6,12,14H,7-11,16H2,1H3. The van der Waals surface area contributed by atoms with Gasteiger partial charge < -0.3 is 15.4 Å². The zero-order valence-electron chi connectivity index (χ0n) is 11.4. The molecular formula is C15H22N2O2. The Bertz CT molecular complexity index is 408. The second kappa shape index (κ2) is 6.57. The van der Waals surface area contributed by atoms with E-state index in [1.165, 1.54) is 0 Å². The first-order valence-corrected chi connectivity index (χ1v) is 6.88. The monoisotopic (exact) mass is 262 g/mol. The Morgan fingerprint density at radius 3 is 2.84 bits per heavy atom. The van der Waals surface area contributed by atoms with Crippen LogP contribution in [0.5, 0.6) is 0 Å². The summed E-state index contributed by atoms with van der Waals surface area (Å²) in [4.78, 5) is 13.9. The third-order valence-electron chi connectivity index (χ3n) is 3.56. The Morgan fingerprint density at radius 2 is 2.16 bits per heavy atom. The van der Waals surface area contributed by atoms with E-state index < -0.39 is 0 Å². The Balaban J connectivity index is 1.88. The van der Waals surface area contributed by atoms with Gasteiger partial charge in [-0.05, 0) is 30.9 Å². The van der Waals surface area contributed by atoms with Crippen LogP contribution < -0.4 is 5.73 Å². The lowest BCUT2D eigenvalue weighted by Gasteiger charge is -2.23. The summed E-state index contributed by atoms with van der Waals surface area (Å²) in [6.45, 7) is 3.88. The van der Waals surface area contributed by atoms with Crippen LogP contribution in [-0.4, -0.2) is 30.1 Å². The molecule has 0 radical (unpaired) electrons. The molecule has 0 saturated carbocycles. The summed E-state index contributed by atoms with van der Waals surface area (Å²) in [5, 5.41) is 0. The number of nitrogens with two attached hydrogens (primary N) is 1. The van der Waals surface area contributed by atoms with Crippen LogP contribution >= 0.6 is 0 Å². The molecular weight excluding hydrogens is 240 g/mol. The van der Waals surface area contributed by atoms with E-state index in [0.29, 0.717) is 19.1 Å². The van der Waals surface area contributed by atoms with Crippen molar-refractivity contribution < 1.29 is 9.53 Å². The van der Waals surface area contributed by atoms with Crippen molar-refractivity contribution in [3.8, 4) is 0 Å². The Kier molecular flexibility index (Phi) is 4.80. The summed E-state index contributed by atoms with van der Waals surface area (Å²) >= 11 is 0. The van der Waals surface area contributed by atoms with E-state index in [1.807, 2.05) is 35.2 Å². The van der Waals surface area contributed by atoms with Gasteiger partial charge in [-0.2, -0.15) is 0 Å². The van der Waals surface area contributed by atoms with E-state index in [1.54, 1.807) is 0 Å². The molecule has 1 heterocycles. The topological polar surface area (TPSA) is 55.6 Å². The van der Waals surface area contributed by atoms with Crippen LogP contribution in [0.3, 0.4) is 0 Å². The fraction of sp³-hybridized carbons (Fsp3) is 0.533. The highest BCUT2D eigenvalue weighted by atomic mass is 16.6. The second-order valence-electron chi connectivity index (χ2n) is 5.26. The highest BCUT2D eigenvalue weighted by Crippen LogP contribution is 2.25. The lowest BCUT2D eigenvalue weighted by molar-refractivity contribution is 0.0905. The van der Waals surface area contributed by atoms with Crippen molar-refractivity contribution in [3.05, 3.63) is 35.9 Å². The average Bonchev–Trinajstić information content (AvgIpc) is 2.79. The van der Waals surface area contributed by atoms with E-state index >= 15 is 0 Å². The molecule has 104 valence electrons. The number of nitrogens with zero attached hydrogens (tertiary/aromatic N) is 1. The van der Waals surface area contributed by atoms with E-state index in [9.17, 15) is 4.79 Å². The number of likely N-dealkylation sites (tertiary alicyclic amines) is 1. The SMILES string of the molecule is CC1CC(CCN)N(C(=O)OCc2ccccc2)C1. The van der Waals surface area contributed by atoms with Gasteiger partial charge in [0.2, 0.25) is 0 Å². The summed E-state index contributed by atoms with van der Waals surface area (Å²) in [5.74, 6) is 0.529. The molecule has 2 unspecified atom stereocenters. The fourth-order valence-electron chi connectivity index (χ4n) is 2.64. The van der Waals surface area contributed by atoms with Crippen LogP contribution in [0.15, 0.2) is 30.3 Å². The summed E-state index contributed by atoms with van der Waals surface area (Å²) < 4.78 is 5.38. The minimum atomic E-state index is -0.216. The number of carbonyl (C=O) groups excluding carboxylic acids is 1. The minimum absolute atomic E-state index is 0.216. The van der Waals surface area contributed by atoms with Gasteiger partial charge in [0.1, 0.15) is 6.61 Å². The quantitative estimate of drug-likeness (QED) is 0.906. The summed E-state index contributed by atoms with van der Waals surface area (Å²) in [6.07, 6.45) is 1.66. The third kappa shape index (κ3) is 3.70. The van der Waals surface area contributed by atoms with Gasteiger partial charge >= 0.3 is 6.09 Å². The number of rotatable bonds is 4. The van der Waals surface area contributed by atoms with E-state index in [2.05, 4.69) is 6.92 Å². The number of amides is 1. The molecule has 0 aliphatic carbocycles. The number of hydrogen-bond donors (Lipinski definition) is 1. The molecule has 19 heavy (non-hydrogen) atoms. The molecule has 1 aliphatic heterocycles. The average molecular weight is 262 g/mol. The smallest absolute Gasteiger partial charge is 0.410 e. The van der Waals surface area contributed by atoms with Crippen LogP contribution in [0.2, 0.25) is 0 Å². The summed E-state index contributed by atoms with van der Waals surface area (Å²) in [6, 6.07) is 9.99. The molecule has 4 nitrogen and oxygen atoms in total. The Morgan fingerprint density at radius 1 is 1.42 bits per heavy atom. The maximum atomic E-state index is 12.1. The predicted octanol–water partition coefficient (Wildman–Crippen LogP) is 2.38. The molecule has 1 aromatic carbocycles. The summed E-state index contributed by atoms with van der Waals surface area (Å²) in [5.41, 5.74) is 6.61. The highest BCUT2D eigenvalue weighted by Gasteiger charge is 2.33. The van der Waals surface area contributed by atoms with Gasteiger partial charge in [-0.3, -0.25) is 0 Å². The molecule has 1 saturated heterocycles. The van der Waals surface area contributed by atoms with Gasteiger partial charge in [-0.25, -0.2) is 4.79 Å². The van der Waals surface area contributed by atoms with Crippen LogP contribution in [-0.2, 0) is 11.3 Å². The summed E-state index contributed by atoms with van der Waals surface area (Å²) in [7, 11) is 0. The number of benzene rings is 1. The molecule has 1 aliphatic rings. The molecule has 0 spiro atoms. The first-order valence-electron chi connectivity index (χ1n) is 6.88. The molecule has 1 amide bonds. The molecule has 0 bridgehead atoms. The molecule has 1 aromatic rings. The van der Waals surface area contributed by atoms with Crippen LogP contribution in [0.4, 0.5) is 4.79 Å². The largest absolute Gasteiger partial charge is 0.445 e. The maximum Gasteiger partial charge on any atom is 0.410 e. The van der Waals surface area contributed by atoms with E-state index in [-0.39, 0.29) is 12.1 Å². The van der Waals surface area contributed by atoms with E-state index in [4.69, 9.17) is 10.5 Å². The zero-order valence-corrected chi connectivity index (χ0v) is 11.4. The molecule has 2 rings (SSSR count). The molecule has 2 atom stereocenters. The molecule has 2 N–H and O–H groups in total. The van der Waals surface area contributed by atoms with Gasteiger partial charge in [0.25, 0.3) is 0 Å². The van der Waals surface area contributed by atoms with Gasteiger partial charge in [0.05, 0.1) is 0 Å². The lowest BCUT2D eigenvalue weighted by Crippen LogP contribution is -2.37. The van der Waals surface area contributed by atoms with Crippen molar-refractivity contribution in [3.63, 3.8) is 0 Å². The number of hydrogen-bond acceptors (Lipinski definition) is 3. The maximum absolute atomic E-state index is 12.1. The minimum Gasteiger partial charge on any atom is -0.445 e. The van der Waals surface area contributed by atoms with Crippen molar-refractivity contribution in [1.82, 2.24) is 4.90 Å². The van der Waals surface area contributed by atoms with E-state index in [0.717, 1.165) is 24.9 Å². The zero-order chi connectivity index (χ0) is 13.7.